The van der Waals surface area contributed by atoms with E-state index < -0.39 is 5.97 Å². The number of carbonyl (C=O) groups is 1. The molecule has 1 aromatic rings. The van der Waals surface area contributed by atoms with Crippen molar-refractivity contribution < 1.29 is 9.90 Å². The molecule has 1 heterocycles. The van der Waals surface area contributed by atoms with Gasteiger partial charge in [-0.15, -0.1) is 0 Å². The zero-order valence-corrected chi connectivity index (χ0v) is 7.61. The highest BCUT2D eigenvalue weighted by Gasteiger charge is 1.99. The Morgan fingerprint density at radius 3 is 3.17 bits per heavy atom. The van der Waals surface area contributed by atoms with Gasteiger partial charge in [0.1, 0.15) is 9.67 Å². The average Bonchev–Trinajstić information content (AvgIpc) is 2.01. The molecular formula is C6H6N2O2S2. The van der Waals surface area contributed by atoms with Crippen molar-refractivity contribution in [3.63, 3.8) is 0 Å². The van der Waals surface area contributed by atoms with Crippen LogP contribution >= 0.6 is 24.0 Å². The summed E-state index contributed by atoms with van der Waals surface area (Å²) >= 11 is 5.97. The normalized spacial score (nSPS) is 9.67. The summed E-state index contributed by atoms with van der Waals surface area (Å²) in [5.74, 6) is -0.855. The minimum Gasteiger partial charge on any atom is -0.481 e. The second-order valence-corrected chi connectivity index (χ2v) is 3.37. The van der Waals surface area contributed by atoms with E-state index >= 15 is 0 Å². The van der Waals surface area contributed by atoms with E-state index in [4.69, 9.17) is 17.3 Å². The Kier molecular flexibility index (Phi) is 3.24. The topological polar surface area (TPSA) is 66.0 Å². The van der Waals surface area contributed by atoms with E-state index in [1.165, 1.54) is 6.33 Å². The predicted molar refractivity (Wildman–Crippen MR) is 47.8 cm³/mol. The highest BCUT2D eigenvalue weighted by atomic mass is 32.2. The highest BCUT2D eigenvalue weighted by Crippen LogP contribution is 2.12. The van der Waals surface area contributed by atoms with Crippen LogP contribution in [0.5, 0.6) is 0 Å². The van der Waals surface area contributed by atoms with E-state index in [9.17, 15) is 4.79 Å². The van der Waals surface area contributed by atoms with Gasteiger partial charge in [-0.25, -0.2) is 4.98 Å². The molecule has 1 rings (SSSR count). The van der Waals surface area contributed by atoms with Gasteiger partial charge >= 0.3 is 5.97 Å². The summed E-state index contributed by atoms with van der Waals surface area (Å²) in [6.45, 7) is 0. The Bertz CT molecular complexity index is 336. The van der Waals surface area contributed by atoms with E-state index in [0.717, 1.165) is 11.8 Å². The van der Waals surface area contributed by atoms with Crippen LogP contribution in [-0.4, -0.2) is 26.8 Å². The lowest BCUT2D eigenvalue weighted by molar-refractivity contribution is -0.133. The molecule has 64 valence electrons. The number of nitrogens with one attached hydrogen (secondary N) is 1. The number of carboxylic acids is 1. The lowest BCUT2D eigenvalue weighted by Crippen LogP contribution is -1.98. The van der Waals surface area contributed by atoms with Gasteiger partial charge in [-0.1, -0.05) is 24.0 Å². The Labute approximate surface area is 78.0 Å². The highest BCUT2D eigenvalue weighted by molar-refractivity contribution is 7.99. The van der Waals surface area contributed by atoms with Crippen LogP contribution in [0, 0.1) is 4.64 Å². The summed E-state index contributed by atoms with van der Waals surface area (Å²) in [5.41, 5.74) is 0. The van der Waals surface area contributed by atoms with Gasteiger partial charge in [0.2, 0.25) is 0 Å². The van der Waals surface area contributed by atoms with E-state index in [0.29, 0.717) is 9.67 Å². The van der Waals surface area contributed by atoms with Crippen molar-refractivity contribution in [3.8, 4) is 0 Å². The Balaban J connectivity index is 2.64. The third-order valence-corrected chi connectivity index (χ3v) is 2.14. The van der Waals surface area contributed by atoms with Gasteiger partial charge < -0.3 is 10.1 Å². The van der Waals surface area contributed by atoms with Crippen LogP contribution in [0.25, 0.3) is 0 Å². The van der Waals surface area contributed by atoms with Crippen LogP contribution in [0.1, 0.15) is 0 Å². The number of thioether (sulfide) groups is 1. The maximum Gasteiger partial charge on any atom is 0.313 e. The van der Waals surface area contributed by atoms with Gasteiger partial charge in [-0.2, -0.15) is 0 Å². The molecule has 12 heavy (non-hydrogen) atoms. The van der Waals surface area contributed by atoms with Crippen molar-refractivity contribution in [2.24, 2.45) is 0 Å². The number of rotatable bonds is 3. The van der Waals surface area contributed by atoms with Crippen LogP contribution < -0.4 is 0 Å². The average molecular weight is 202 g/mol. The second-order valence-electron chi connectivity index (χ2n) is 1.93. The van der Waals surface area contributed by atoms with Gasteiger partial charge in [-0.05, 0) is 0 Å². The molecule has 4 nitrogen and oxygen atoms in total. The van der Waals surface area contributed by atoms with Crippen molar-refractivity contribution in [1.82, 2.24) is 9.97 Å². The molecule has 0 aliphatic carbocycles. The van der Waals surface area contributed by atoms with Crippen LogP contribution in [0.3, 0.4) is 0 Å². The number of aliphatic carboxylic acids is 1. The van der Waals surface area contributed by atoms with Gasteiger partial charge in [0.15, 0.2) is 0 Å². The molecule has 0 aromatic carbocycles. The molecule has 0 spiro atoms. The Morgan fingerprint density at radius 2 is 2.58 bits per heavy atom. The fourth-order valence-electron chi connectivity index (χ4n) is 0.565. The molecule has 0 amide bonds. The molecule has 6 heteroatoms. The molecule has 0 bridgehead atoms. The van der Waals surface area contributed by atoms with Crippen LogP contribution in [0.2, 0.25) is 0 Å². The smallest absolute Gasteiger partial charge is 0.313 e. The second kappa shape index (κ2) is 4.22. The number of aromatic amines is 1. The first-order valence-corrected chi connectivity index (χ1v) is 4.47. The van der Waals surface area contributed by atoms with E-state index in [1.54, 1.807) is 6.07 Å². The van der Waals surface area contributed by atoms with Crippen LogP contribution in [0.4, 0.5) is 0 Å². The molecule has 0 saturated carbocycles. The third-order valence-electron chi connectivity index (χ3n) is 0.997. The molecule has 1 aromatic heterocycles. The van der Waals surface area contributed by atoms with Crippen molar-refractivity contribution in [2.45, 2.75) is 5.03 Å². The fraction of sp³-hybridized carbons (Fsp3) is 0.167. The van der Waals surface area contributed by atoms with Crippen molar-refractivity contribution >= 4 is 29.9 Å². The molecule has 0 atom stereocenters. The van der Waals surface area contributed by atoms with Gasteiger partial charge in [0.25, 0.3) is 0 Å². The standard InChI is InChI=1S/C6H6N2O2S2/c9-6(10)2-12-5-1-4(11)7-3-8-5/h1,3H,2H2,(H,9,10)(H,7,8,11). The molecule has 2 N–H and O–H groups in total. The lowest BCUT2D eigenvalue weighted by Gasteiger charge is -1.94. The zero-order chi connectivity index (χ0) is 8.97. The first kappa shape index (κ1) is 9.21. The maximum absolute atomic E-state index is 10.2. The van der Waals surface area contributed by atoms with Crippen molar-refractivity contribution in [3.05, 3.63) is 17.0 Å². The zero-order valence-electron chi connectivity index (χ0n) is 5.98. The largest absolute Gasteiger partial charge is 0.481 e. The summed E-state index contributed by atoms with van der Waals surface area (Å²) in [6, 6.07) is 1.63. The van der Waals surface area contributed by atoms with E-state index in [2.05, 4.69) is 9.97 Å². The lowest BCUT2D eigenvalue weighted by atomic mass is 10.7. The van der Waals surface area contributed by atoms with Gasteiger partial charge in [0, 0.05) is 6.07 Å². The molecule has 0 fully saturated rings. The Morgan fingerprint density at radius 1 is 1.83 bits per heavy atom. The number of carboxylic acid groups (broad SMARTS) is 1. The van der Waals surface area contributed by atoms with Crippen molar-refractivity contribution in [1.29, 1.82) is 0 Å². The van der Waals surface area contributed by atoms with Crippen LogP contribution in [-0.2, 0) is 4.79 Å². The molecular weight excluding hydrogens is 196 g/mol. The number of hydrogen-bond acceptors (Lipinski definition) is 4. The number of aromatic nitrogens is 2. The van der Waals surface area contributed by atoms with Gasteiger partial charge in [-0.3, -0.25) is 4.79 Å². The first-order chi connectivity index (χ1) is 5.68. The van der Waals surface area contributed by atoms with Gasteiger partial charge in [0.05, 0.1) is 12.1 Å². The number of nitrogens with zero attached hydrogens (tertiary/aromatic N) is 1. The molecule has 0 radical (unpaired) electrons. The quantitative estimate of drug-likeness (QED) is 0.439. The van der Waals surface area contributed by atoms with E-state index in [1.807, 2.05) is 0 Å². The fourth-order valence-corrected chi connectivity index (χ4v) is 1.40. The summed E-state index contributed by atoms with van der Waals surface area (Å²) < 4.78 is 0.554. The first-order valence-electron chi connectivity index (χ1n) is 3.08. The molecule has 0 aliphatic rings. The van der Waals surface area contributed by atoms with Crippen LogP contribution in [0.15, 0.2) is 17.4 Å². The van der Waals surface area contributed by atoms with Crippen molar-refractivity contribution in [2.75, 3.05) is 5.75 Å². The summed E-state index contributed by atoms with van der Waals surface area (Å²) in [7, 11) is 0. The summed E-state index contributed by atoms with van der Waals surface area (Å²) in [5, 5.41) is 8.99. The third kappa shape index (κ3) is 3.02. The molecule has 0 aliphatic heterocycles. The van der Waals surface area contributed by atoms with E-state index in [-0.39, 0.29) is 5.75 Å². The maximum atomic E-state index is 10.2. The minimum atomic E-state index is -0.861. The number of hydrogen-bond donors (Lipinski definition) is 2. The number of H-pyrrole nitrogens is 1. The molecule has 0 saturated heterocycles. The summed E-state index contributed by atoms with van der Waals surface area (Å²) in [6.07, 6.45) is 1.45. The summed E-state index contributed by atoms with van der Waals surface area (Å²) in [4.78, 5) is 16.8. The molecule has 0 unspecified atom stereocenters. The predicted octanol–water partition coefficient (Wildman–Crippen LogP) is 1.32. The Hall–Kier alpha value is -0.880. The SMILES string of the molecule is O=C(O)CSc1cc(=S)[nH]cn1. The minimum absolute atomic E-state index is 0.00574. The monoisotopic (exact) mass is 202 g/mol.